The van der Waals surface area contributed by atoms with E-state index in [2.05, 4.69) is 21.8 Å². The molecule has 0 bridgehead atoms. The number of nitrogens with two attached hydrogens (primary N) is 1. The Morgan fingerprint density at radius 2 is 1.97 bits per heavy atom. The molecule has 2 aromatic heterocycles. The van der Waals surface area contributed by atoms with Crippen molar-refractivity contribution in [1.29, 1.82) is 5.26 Å². The first-order chi connectivity index (χ1) is 15.0. The maximum atomic E-state index is 13.1. The lowest BCUT2D eigenvalue weighted by Crippen LogP contribution is -2.31. The van der Waals surface area contributed by atoms with Crippen LogP contribution in [0.25, 0.3) is 5.69 Å². The molecule has 0 radical (unpaired) electrons. The number of anilines is 1. The average molecular weight is 441 g/mol. The molecule has 3 rings (SSSR count). The number of aromatic nitrogens is 2. The Morgan fingerprint density at radius 1 is 1.19 bits per heavy atom. The number of aryl methyl sites for hydroxylation is 1. The van der Waals surface area contributed by atoms with Crippen LogP contribution in [-0.2, 0) is 11.2 Å². The second-order valence-corrected chi connectivity index (χ2v) is 7.46. The molecule has 2 amide bonds. The van der Waals surface area contributed by atoms with Crippen LogP contribution in [0.15, 0.2) is 41.1 Å². The summed E-state index contributed by atoms with van der Waals surface area (Å²) in [5.41, 5.74) is 7.95. The lowest BCUT2D eigenvalue weighted by Gasteiger charge is -2.06. The van der Waals surface area contributed by atoms with E-state index in [1.165, 1.54) is 40.3 Å². The SMILES string of the molecule is N#Cc1c(CCCNC(=O)CCNC(=O)c2ccsc2)nn(-c2ccc(F)cc2)c1N. The predicted octanol–water partition coefficient (Wildman–Crippen LogP) is 2.40. The van der Waals surface area contributed by atoms with Crippen LogP contribution in [-0.4, -0.2) is 34.7 Å². The number of halogens is 1. The van der Waals surface area contributed by atoms with Crippen molar-refractivity contribution in [3.8, 4) is 11.8 Å². The number of nitrogens with one attached hydrogen (secondary N) is 2. The first-order valence-electron chi connectivity index (χ1n) is 9.60. The molecule has 0 spiro atoms. The van der Waals surface area contributed by atoms with Crippen molar-refractivity contribution < 1.29 is 14.0 Å². The summed E-state index contributed by atoms with van der Waals surface area (Å²) in [6, 6.07) is 9.42. The third kappa shape index (κ3) is 5.67. The number of nitriles is 1. The molecule has 0 aliphatic heterocycles. The maximum absolute atomic E-state index is 13.1. The second-order valence-electron chi connectivity index (χ2n) is 6.68. The van der Waals surface area contributed by atoms with Crippen LogP contribution in [0.1, 0.15) is 34.5 Å². The van der Waals surface area contributed by atoms with Gasteiger partial charge in [0, 0.05) is 30.5 Å². The van der Waals surface area contributed by atoms with E-state index < -0.39 is 0 Å². The van der Waals surface area contributed by atoms with E-state index in [1.807, 2.05) is 5.38 Å². The number of nitrogens with zero attached hydrogens (tertiary/aromatic N) is 3. The summed E-state index contributed by atoms with van der Waals surface area (Å²) in [4.78, 5) is 23.7. The van der Waals surface area contributed by atoms with Crippen LogP contribution in [0.5, 0.6) is 0 Å². The lowest BCUT2D eigenvalue weighted by atomic mass is 10.1. The molecular weight excluding hydrogens is 419 g/mol. The van der Waals surface area contributed by atoms with Crippen LogP contribution in [0.2, 0.25) is 0 Å². The van der Waals surface area contributed by atoms with Crippen molar-refractivity contribution >= 4 is 29.0 Å². The van der Waals surface area contributed by atoms with Gasteiger partial charge in [-0.1, -0.05) is 0 Å². The van der Waals surface area contributed by atoms with Crippen LogP contribution < -0.4 is 16.4 Å². The summed E-state index contributed by atoms with van der Waals surface area (Å²) >= 11 is 1.43. The standard InChI is InChI=1S/C21H21FN6O2S/c22-15-3-5-16(6-4-15)28-20(24)17(12-23)18(27-28)2-1-9-25-19(29)7-10-26-21(30)14-8-11-31-13-14/h3-6,8,11,13H,1-2,7,9-10,24H2,(H,25,29)(H,26,30). The molecule has 0 aliphatic carbocycles. The number of nitrogen functional groups attached to an aromatic ring is 1. The van der Waals surface area contributed by atoms with Gasteiger partial charge >= 0.3 is 0 Å². The van der Waals surface area contributed by atoms with Gasteiger partial charge in [-0.15, -0.1) is 0 Å². The van der Waals surface area contributed by atoms with Crippen LogP contribution >= 0.6 is 11.3 Å². The number of rotatable bonds is 9. The summed E-state index contributed by atoms with van der Waals surface area (Å²) in [7, 11) is 0. The number of hydrogen-bond donors (Lipinski definition) is 3. The van der Waals surface area contributed by atoms with Gasteiger partial charge in [0.1, 0.15) is 23.3 Å². The molecule has 1 aromatic carbocycles. The highest BCUT2D eigenvalue weighted by Crippen LogP contribution is 2.21. The third-order valence-electron chi connectivity index (χ3n) is 4.51. The Kier molecular flexibility index (Phi) is 7.35. The zero-order valence-corrected chi connectivity index (χ0v) is 17.4. The Hall–Kier alpha value is -3.71. The van der Waals surface area contributed by atoms with Crippen molar-refractivity contribution in [3.63, 3.8) is 0 Å². The fourth-order valence-electron chi connectivity index (χ4n) is 2.91. The van der Waals surface area contributed by atoms with Crippen LogP contribution in [0.3, 0.4) is 0 Å². The van der Waals surface area contributed by atoms with Crippen molar-refractivity contribution in [2.45, 2.75) is 19.3 Å². The molecule has 3 aromatic rings. The summed E-state index contributed by atoms with van der Waals surface area (Å²) < 4.78 is 14.5. The minimum atomic E-state index is -0.378. The van der Waals surface area contributed by atoms with E-state index in [9.17, 15) is 19.2 Å². The van der Waals surface area contributed by atoms with Gasteiger partial charge in [0.05, 0.1) is 11.4 Å². The smallest absolute Gasteiger partial charge is 0.252 e. The number of amides is 2. The second kappa shape index (κ2) is 10.4. The van der Waals surface area contributed by atoms with Gasteiger partial charge < -0.3 is 16.4 Å². The van der Waals surface area contributed by atoms with Gasteiger partial charge in [0.2, 0.25) is 5.91 Å². The minimum absolute atomic E-state index is 0.172. The number of thiophene rings is 1. The number of carbonyl (C=O) groups is 2. The highest BCUT2D eigenvalue weighted by atomic mass is 32.1. The Balaban J connectivity index is 1.45. The third-order valence-corrected chi connectivity index (χ3v) is 5.19. The lowest BCUT2D eigenvalue weighted by molar-refractivity contribution is -0.120. The van der Waals surface area contributed by atoms with Gasteiger partial charge in [0.25, 0.3) is 5.91 Å². The van der Waals surface area contributed by atoms with E-state index >= 15 is 0 Å². The van der Waals surface area contributed by atoms with Gasteiger partial charge in [-0.25, -0.2) is 9.07 Å². The van der Waals surface area contributed by atoms with Gasteiger partial charge in [-0.2, -0.15) is 21.7 Å². The summed E-state index contributed by atoms with van der Waals surface area (Å²) in [5, 5.41) is 22.8. The average Bonchev–Trinajstić information content (AvgIpc) is 3.40. The van der Waals surface area contributed by atoms with E-state index in [0.717, 1.165) is 0 Å². The molecule has 10 heteroatoms. The number of carbonyl (C=O) groups excluding carboxylic acids is 2. The van der Waals surface area contributed by atoms with E-state index in [-0.39, 0.29) is 42.0 Å². The molecule has 0 fully saturated rings. The van der Waals surface area contributed by atoms with Gasteiger partial charge in [-0.3, -0.25) is 9.59 Å². The van der Waals surface area contributed by atoms with Crippen LogP contribution in [0, 0.1) is 17.1 Å². The Bertz CT molecular complexity index is 1090. The Labute approximate surface area is 182 Å². The number of hydrogen-bond acceptors (Lipinski definition) is 6. The highest BCUT2D eigenvalue weighted by molar-refractivity contribution is 7.08. The van der Waals surface area contributed by atoms with Crippen molar-refractivity contribution in [2.75, 3.05) is 18.8 Å². The van der Waals surface area contributed by atoms with E-state index in [0.29, 0.717) is 36.3 Å². The molecule has 0 unspecified atom stereocenters. The largest absolute Gasteiger partial charge is 0.382 e. The summed E-state index contributed by atoms with van der Waals surface area (Å²) in [6.45, 7) is 0.642. The molecule has 4 N–H and O–H groups in total. The molecule has 8 nitrogen and oxygen atoms in total. The normalized spacial score (nSPS) is 10.5. The quantitative estimate of drug-likeness (QED) is 0.441. The maximum Gasteiger partial charge on any atom is 0.252 e. The highest BCUT2D eigenvalue weighted by Gasteiger charge is 2.16. The first-order valence-corrected chi connectivity index (χ1v) is 10.5. The molecule has 31 heavy (non-hydrogen) atoms. The Morgan fingerprint density at radius 3 is 2.65 bits per heavy atom. The zero-order valence-electron chi connectivity index (χ0n) is 16.6. The minimum Gasteiger partial charge on any atom is -0.382 e. The van der Waals surface area contributed by atoms with Gasteiger partial charge in [-0.05, 0) is 48.6 Å². The fourth-order valence-corrected chi connectivity index (χ4v) is 3.55. The van der Waals surface area contributed by atoms with Crippen molar-refractivity contribution in [2.24, 2.45) is 0 Å². The van der Waals surface area contributed by atoms with Crippen molar-refractivity contribution in [3.05, 3.63) is 63.7 Å². The summed E-state index contributed by atoms with van der Waals surface area (Å²) in [5.74, 6) is -0.568. The van der Waals surface area contributed by atoms with E-state index in [1.54, 1.807) is 11.4 Å². The molecule has 2 heterocycles. The van der Waals surface area contributed by atoms with Crippen molar-refractivity contribution in [1.82, 2.24) is 20.4 Å². The monoisotopic (exact) mass is 440 g/mol. The molecule has 0 atom stereocenters. The molecule has 160 valence electrons. The van der Waals surface area contributed by atoms with E-state index in [4.69, 9.17) is 5.73 Å². The zero-order chi connectivity index (χ0) is 22.2. The summed E-state index contributed by atoms with van der Waals surface area (Å²) in [6.07, 6.45) is 1.17. The first kappa shape index (κ1) is 22.0. The molecule has 0 saturated heterocycles. The van der Waals surface area contributed by atoms with Crippen LogP contribution in [0.4, 0.5) is 10.2 Å². The predicted molar refractivity (Wildman–Crippen MR) is 115 cm³/mol. The number of benzene rings is 1. The molecular formula is C21H21FN6O2S. The topological polar surface area (TPSA) is 126 Å². The molecule has 0 saturated carbocycles. The van der Waals surface area contributed by atoms with Gasteiger partial charge in [0.15, 0.2) is 0 Å². The molecule has 0 aliphatic rings. The fraction of sp³-hybridized carbons (Fsp3) is 0.238.